The van der Waals surface area contributed by atoms with E-state index in [1.54, 1.807) is 0 Å². The molecule has 0 radical (unpaired) electrons. The molecule has 0 aliphatic heterocycles. The summed E-state index contributed by atoms with van der Waals surface area (Å²) >= 11 is 0. The molecule has 0 amide bonds. The Morgan fingerprint density at radius 2 is 2.17 bits per heavy atom. The van der Waals surface area contributed by atoms with Gasteiger partial charge in [0.05, 0.1) is 13.0 Å². The van der Waals surface area contributed by atoms with Gasteiger partial charge < -0.3 is 15.6 Å². The average molecular weight is 259 g/mol. The number of carboxylic acid groups (broad SMARTS) is 1. The van der Waals surface area contributed by atoms with Crippen molar-refractivity contribution < 1.29 is 23.4 Å². The first-order chi connectivity index (χ1) is 8.42. The first-order valence-corrected chi connectivity index (χ1v) is 5.36. The molecule has 0 aromatic heterocycles. The Bertz CT molecular complexity index is 449. The molecule has 1 aromatic carbocycles. The molecule has 0 fully saturated rings. The van der Waals surface area contributed by atoms with Crippen LogP contribution in [-0.2, 0) is 4.79 Å². The monoisotopic (exact) mass is 259 g/mol. The van der Waals surface area contributed by atoms with E-state index < -0.39 is 23.9 Å². The van der Waals surface area contributed by atoms with E-state index in [1.165, 1.54) is 20.1 Å². The van der Waals surface area contributed by atoms with Crippen LogP contribution in [0.25, 0.3) is 0 Å². The van der Waals surface area contributed by atoms with Crippen LogP contribution in [-0.4, -0.2) is 24.7 Å². The minimum absolute atomic E-state index is 0.0481. The van der Waals surface area contributed by atoms with E-state index in [9.17, 15) is 13.6 Å². The fourth-order valence-electron chi connectivity index (χ4n) is 1.70. The number of carboxylic acids is 1. The lowest BCUT2D eigenvalue weighted by Crippen LogP contribution is -2.22. The van der Waals surface area contributed by atoms with Crippen molar-refractivity contribution in [2.75, 3.05) is 13.7 Å². The second-order valence-electron chi connectivity index (χ2n) is 3.87. The van der Waals surface area contributed by atoms with Gasteiger partial charge >= 0.3 is 5.97 Å². The van der Waals surface area contributed by atoms with E-state index in [4.69, 9.17) is 15.6 Å². The van der Waals surface area contributed by atoms with Crippen molar-refractivity contribution in [1.82, 2.24) is 0 Å². The van der Waals surface area contributed by atoms with Crippen molar-refractivity contribution >= 4 is 5.97 Å². The van der Waals surface area contributed by atoms with Crippen LogP contribution < -0.4 is 10.5 Å². The van der Waals surface area contributed by atoms with Gasteiger partial charge in [-0.15, -0.1) is 0 Å². The van der Waals surface area contributed by atoms with Gasteiger partial charge in [-0.2, -0.15) is 0 Å². The number of methoxy groups -OCH3 is 1. The molecule has 100 valence electrons. The normalized spacial score (nSPS) is 14.1. The third kappa shape index (κ3) is 2.76. The number of benzene rings is 1. The van der Waals surface area contributed by atoms with Gasteiger partial charge in [0.15, 0.2) is 11.6 Å². The highest BCUT2D eigenvalue weighted by Gasteiger charge is 2.25. The molecule has 4 nitrogen and oxygen atoms in total. The van der Waals surface area contributed by atoms with E-state index in [2.05, 4.69) is 0 Å². The molecule has 3 N–H and O–H groups in total. The molecule has 0 aliphatic carbocycles. The summed E-state index contributed by atoms with van der Waals surface area (Å²) in [7, 11) is 1.22. The molecular weight excluding hydrogens is 244 g/mol. The highest BCUT2D eigenvalue weighted by Crippen LogP contribution is 2.33. The molecule has 0 spiro atoms. The predicted octanol–water partition coefficient (Wildman–Crippen LogP) is 1.99. The summed E-state index contributed by atoms with van der Waals surface area (Å²) in [5.41, 5.74) is 5.46. The first-order valence-electron chi connectivity index (χ1n) is 5.36. The van der Waals surface area contributed by atoms with Crippen LogP contribution in [0.1, 0.15) is 30.1 Å². The van der Waals surface area contributed by atoms with Gasteiger partial charge in [-0.1, -0.05) is 0 Å². The maximum Gasteiger partial charge on any atom is 0.312 e. The third-order valence-corrected chi connectivity index (χ3v) is 2.67. The lowest BCUT2D eigenvalue weighted by Gasteiger charge is -2.17. The molecule has 0 bridgehead atoms. The Labute approximate surface area is 103 Å². The Morgan fingerprint density at radius 1 is 1.56 bits per heavy atom. The quantitative estimate of drug-likeness (QED) is 0.848. The fraction of sp³-hybridized carbons (Fsp3) is 0.417. The standard InChI is InChI=1S/C12H15F2NO3/c1-6(13)7-3-8(9(5-15)12(16)17)11(18-2)10(14)4-7/h3-4,6,9H,5,15H2,1-2H3,(H,16,17). The maximum atomic E-state index is 13.7. The number of rotatable bonds is 5. The zero-order chi connectivity index (χ0) is 13.9. The van der Waals surface area contributed by atoms with Gasteiger partial charge in [0.25, 0.3) is 0 Å². The number of carbonyl (C=O) groups is 1. The third-order valence-electron chi connectivity index (χ3n) is 2.67. The summed E-state index contributed by atoms with van der Waals surface area (Å²) in [6.07, 6.45) is -1.41. The summed E-state index contributed by atoms with van der Waals surface area (Å²) in [5, 5.41) is 9.02. The van der Waals surface area contributed by atoms with Crippen molar-refractivity contribution in [3.05, 3.63) is 29.1 Å². The van der Waals surface area contributed by atoms with Crippen molar-refractivity contribution in [3.8, 4) is 5.75 Å². The van der Waals surface area contributed by atoms with Crippen LogP contribution in [0, 0.1) is 5.82 Å². The van der Waals surface area contributed by atoms with Crippen molar-refractivity contribution in [2.24, 2.45) is 5.73 Å². The van der Waals surface area contributed by atoms with E-state index in [0.717, 1.165) is 6.07 Å². The van der Waals surface area contributed by atoms with Gasteiger partial charge in [-0.05, 0) is 24.6 Å². The molecule has 6 heteroatoms. The maximum absolute atomic E-state index is 13.7. The van der Waals surface area contributed by atoms with E-state index in [1.807, 2.05) is 0 Å². The summed E-state index contributed by atoms with van der Waals surface area (Å²) in [5.74, 6) is -3.35. The van der Waals surface area contributed by atoms with Crippen LogP contribution in [0.5, 0.6) is 5.75 Å². The lowest BCUT2D eigenvalue weighted by molar-refractivity contribution is -0.138. The van der Waals surface area contributed by atoms with Gasteiger partial charge in [0.1, 0.15) is 6.17 Å². The van der Waals surface area contributed by atoms with Gasteiger partial charge in [0.2, 0.25) is 0 Å². The minimum atomic E-state index is -1.41. The number of ether oxygens (including phenoxy) is 1. The number of alkyl halides is 1. The number of hydrogen-bond acceptors (Lipinski definition) is 3. The number of nitrogens with two attached hydrogens (primary N) is 1. The molecule has 0 heterocycles. The molecule has 0 aliphatic rings. The molecule has 0 saturated heterocycles. The molecule has 2 unspecified atom stereocenters. The average Bonchev–Trinajstić information content (AvgIpc) is 2.28. The van der Waals surface area contributed by atoms with E-state index >= 15 is 0 Å². The van der Waals surface area contributed by atoms with Crippen LogP contribution >= 0.6 is 0 Å². The SMILES string of the molecule is COc1c(F)cc(C(C)F)cc1C(CN)C(=O)O. The highest BCUT2D eigenvalue weighted by molar-refractivity contribution is 5.77. The predicted molar refractivity (Wildman–Crippen MR) is 61.9 cm³/mol. The topological polar surface area (TPSA) is 72.5 Å². The van der Waals surface area contributed by atoms with E-state index in [-0.39, 0.29) is 23.4 Å². The summed E-state index contributed by atoms with van der Waals surface area (Å²) in [6.45, 7) is 1.01. The Hall–Kier alpha value is -1.69. The largest absolute Gasteiger partial charge is 0.493 e. The molecule has 0 saturated carbocycles. The first kappa shape index (κ1) is 14.4. The summed E-state index contributed by atoms with van der Waals surface area (Å²) in [6, 6.07) is 2.26. The summed E-state index contributed by atoms with van der Waals surface area (Å²) in [4.78, 5) is 11.0. The number of hydrogen-bond donors (Lipinski definition) is 2. The second kappa shape index (κ2) is 5.77. The van der Waals surface area contributed by atoms with Crippen molar-refractivity contribution in [2.45, 2.75) is 19.0 Å². The van der Waals surface area contributed by atoms with Crippen LogP contribution in [0.15, 0.2) is 12.1 Å². The van der Waals surface area contributed by atoms with Crippen molar-refractivity contribution in [3.63, 3.8) is 0 Å². The highest BCUT2D eigenvalue weighted by atomic mass is 19.1. The smallest absolute Gasteiger partial charge is 0.312 e. The van der Waals surface area contributed by atoms with Crippen LogP contribution in [0.2, 0.25) is 0 Å². The van der Waals surface area contributed by atoms with Gasteiger partial charge in [-0.25, -0.2) is 8.78 Å². The molecular formula is C12H15F2NO3. The number of halogens is 2. The Morgan fingerprint density at radius 3 is 2.56 bits per heavy atom. The van der Waals surface area contributed by atoms with Crippen LogP contribution in [0.3, 0.4) is 0 Å². The Balaban J connectivity index is 3.42. The molecule has 1 rings (SSSR count). The van der Waals surface area contributed by atoms with Crippen LogP contribution in [0.4, 0.5) is 8.78 Å². The number of aliphatic carboxylic acids is 1. The zero-order valence-corrected chi connectivity index (χ0v) is 10.1. The van der Waals surface area contributed by atoms with E-state index in [0.29, 0.717) is 0 Å². The second-order valence-corrected chi connectivity index (χ2v) is 3.87. The molecule has 1 aromatic rings. The minimum Gasteiger partial charge on any atom is -0.493 e. The molecule has 2 atom stereocenters. The van der Waals surface area contributed by atoms with Crippen molar-refractivity contribution in [1.29, 1.82) is 0 Å². The zero-order valence-electron chi connectivity index (χ0n) is 10.1. The Kier molecular flexibility index (Phi) is 4.61. The summed E-state index contributed by atoms with van der Waals surface area (Å²) < 4.78 is 31.7. The fourth-order valence-corrected chi connectivity index (χ4v) is 1.70. The lowest BCUT2D eigenvalue weighted by atomic mass is 9.95. The molecule has 18 heavy (non-hydrogen) atoms. The van der Waals surface area contributed by atoms with Gasteiger partial charge in [-0.3, -0.25) is 4.79 Å². The van der Waals surface area contributed by atoms with Gasteiger partial charge in [0, 0.05) is 12.1 Å².